The summed E-state index contributed by atoms with van der Waals surface area (Å²) in [7, 11) is 1.69. The van der Waals surface area contributed by atoms with Crippen LogP contribution in [-0.4, -0.2) is 42.7 Å². The lowest BCUT2D eigenvalue weighted by atomic mass is 9.95. The summed E-state index contributed by atoms with van der Waals surface area (Å²) in [4.78, 5) is 21.6. The first-order chi connectivity index (χ1) is 12.7. The highest BCUT2D eigenvalue weighted by molar-refractivity contribution is 5.92. The molecule has 0 aliphatic carbocycles. The van der Waals surface area contributed by atoms with E-state index in [1.54, 1.807) is 13.3 Å². The van der Waals surface area contributed by atoms with Crippen molar-refractivity contribution in [3.63, 3.8) is 0 Å². The Bertz CT molecular complexity index is 821. The Balaban J connectivity index is 1.57. The fraction of sp³-hybridized carbons (Fsp3) is 0.429. The second kappa shape index (κ2) is 6.98. The zero-order chi connectivity index (χ0) is 18.1. The molecule has 2 aliphatic heterocycles. The molecule has 0 spiro atoms. The highest BCUT2D eigenvalue weighted by Gasteiger charge is 2.30. The third-order valence-corrected chi connectivity index (χ3v) is 5.48. The molecule has 2 aromatic rings. The van der Waals surface area contributed by atoms with E-state index in [0.29, 0.717) is 0 Å². The van der Waals surface area contributed by atoms with Gasteiger partial charge in [0.05, 0.1) is 7.11 Å². The number of aromatic nitrogens is 1. The van der Waals surface area contributed by atoms with E-state index in [-0.39, 0.29) is 11.9 Å². The summed E-state index contributed by atoms with van der Waals surface area (Å²) < 4.78 is 5.38. The van der Waals surface area contributed by atoms with Gasteiger partial charge in [0.1, 0.15) is 11.6 Å². The van der Waals surface area contributed by atoms with Crippen LogP contribution in [0, 0.1) is 0 Å². The molecule has 1 atom stereocenters. The normalized spacial score (nSPS) is 19.4. The molecule has 0 N–H and O–H groups in total. The molecule has 0 saturated heterocycles. The molecule has 0 radical (unpaired) electrons. The third-order valence-electron chi connectivity index (χ3n) is 5.48. The lowest BCUT2D eigenvalue weighted by Gasteiger charge is -2.33. The van der Waals surface area contributed by atoms with Crippen LogP contribution in [0.2, 0.25) is 0 Å². The minimum Gasteiger partial charge on any atom is -0.497 e. The first kappa shape index (κ1) is 16.9. The molecule has 26 heavy (non-hydrogen) atoms. The van der Waals surface area contributed by atoms with E-state index in [0.717, 1.165) is 50.5 Å². The fourth-order valence-corrected chi connectivity index (χ4v) is 4.09. The van der Waals surface area contributed by atoms with E-state index in [4.69, 9.17) is 4.74 Å². The minimum atomic E-state index is 0.0799. The SMILES string of the molecule is COc1ccc2c(c1)C(C)CN(C(=O)N1CCCc3cccnc31)CC2. The van der Waals surface area contributed by atoms with E-state index in [1.165, 1.54) is 16.7 Å². The van der Waals surface area contributed by atoms with Crippen molar-refractivity contribution in [2.45, 2.75) is 32.1 Å². The molecule has 0 fully saturated rings. The molecule has 5 heteroatoms. The largest absolute Gasteiger partial charge is 0.497 e. The zero-order valence-corrected chi connectivity index (χ0v) is 15.4. The van der Waals surface area contributed by atoms with Crippen molar-refractivity contribution in [2.24, 2.45) is 0 Å². The van der Waals surface area contributed by atoms with Crippen LogP contribution in [0.5, 0.6) is 5.75 Å². The molecular weight excluding hydrogens is 326 g/mol. The van der Waals surface area contributed by atoms with Crippen molar-refractivity contribution >= 4 is 11.8 Å². The molecule has 0 bridgehead atoms. The predicted octanol–water partition coefficient (Wildman–Crippen LogP) is 3.62. The van der Waals surface area contributed by atoms with Gasteiger partial charge < -0.3 is 9.64 Å². The second-order valence-electron chi connectivity index (χ2n) is 7.19. The van der Waals surface area contributed by atoms with Gasteiger partial charge in [0, 0.05) is 25.8 Å². The second-order valence-corrected chi connectivity index (χ2v) is 7.19. The molecule has 4 rings (SSSR count). The molecule has 2 amide bonds. The van der Waals surface area contributed by atoms with Crippen molar-refractivity contribution in [3.8, 4) is 5.75 Å². The molecule has 5 nitrogen and oxygen atoms in total. The number of pyridine rings is 1. The van der Waals surface area contributed by atoms with Gasteiger partial charge in [-0.05, 0) is 60.1 Å². The maximum atomic E-state index is 13.3. The number of anilines is 1. The number of ether oxygens (including phenoxy) is 1. The Labute approximate surface area is 154 Å². The molecule has 1 unspecified atom stereocenters. The smallest absolute Gasteiger partial charge is 0.325 e. The van der Waals surface area contributed by atoms with Gasteiger partial charge in [0.25, 0.3) is 0 Å². The van der Waals surface area contributed by atoms with Crippen LogP contribution in [-0.2, 0) is 12.8 Å². The zero-order valence-electron chi connectivity index (χ0n) is 15.4. The van der Waals surface area contributed by atoms with Gasteiger partial charge in [0.2, 0.25) is 0 Å². The highest BCUT2D eigenvalue weighted by Crippen LogP contribution is 2.31. The average Bonchev–Trinajstić information content (AvgIpc) is 2.85. The van der Waals surface area contributed by atoms with Gasteiger partial charge in [-0.2, -0.15) is 0 Å². The van der Waals surface area contributed by atoms with Gasteiger partial charge in [-0.15, -0.1) is 0 Å². The lowest BCUT2D eigenvalue weighted by Crippen LogP contribution is -2.47. The maximum absolute atomic E-state index is 13.3. The van der Waals surface area contributed by atoms with Crippen LogP contribution in [0.3, 0.4) is 0 Å². The van der Waals surface area contributed by atoms with Crippen LogP contribution in [0.25, 0.3) is 0 Å². The number of nitrogens with zero attached hydrogens (tertiary/aromatic N) is 3. The minimum absolute atomic E-state index is 0.0799. The van der Waals surface area contributed by atoms with Gasteiger partial charge in [-0.1, -0.05) is 19.1 Å². The highest BCUT2D eigenvalue weighted by atomic mass is 16.5. The van der Waals surface area contributed by atoms with Gasteiger partial charge >= 0.3 is 6.03 Å². The average molecular weight is 351 g/mol. The van der Waals surface area contributed by atoms with Gasteiger partial charge in [0.15, 0.2) is 0 Å². The molecule has 1 aromatic carbocycles. The van der Waals surface area contributed by atoms with Crippen LogP contribution < -0.4 is 9.64 Å². The fourth-order valence-electron chi connectivity index (χ4n) is 4.09. The topological polar surface area (TPSA) is 45.7 Å². The summed E-state index contributed by atoms with van der Waals surface area (Å²) >= 11 is 0. The summed E-state index contributed by atoms with van der Waals surface area (Å²) in [6, 6.07) is 10.4. The summed E-state index contributed by atoms with van der Waals surface area (Å²) in [5, 5.41) is 0. The number of urea groups is 1. The predicted molar refractivity (Wildman–Crippen MR) is 102 cm³/mol. The molecule has 1 aromatic heterocycles. The van der Waals surface area contributed by atoms with Crippen molar-refractivity contribution in [1.29, 1.82) is 0 Å². The van der Waals surface area contributed by atoms with Gasteiger partial charge in [-0.3, -0.25) is 4.90 Å². The van der Waals surface area contributed by atoms with Crippen LogP contribution >= 0.6 is 0 Å². The Morgan fingerprint density at radius 3 is 2.92 bits per heavy atom. The molecule has 3 heterocycles. The summed E-state index contributed by atoms with van der Waals surface area (Å²) in [5.41, 5.74) is 3.77. The molecule has 2 aliphatic rings. The number of methoxy groups -OCH3 is 1. The quantitative estimate of drug-likeness (QED) is 0.788. The monoisotopic (exact) mass is 351 g/mol. The number of benzene rings is 1. The van der Waals surface area contributed by atoms with E-state index in [9.17, 15) is 4.79 Å². The van der Waals surface area contributed by atoms with Gasteiger partial charge in [-0.25, -0.2) is 9.78 Å². The van der Waals surface area contributed by atoms with Crippen molar-refractivity contribution in [2.75, 3.05) is 31.6 Å². The number of carbonyl (C=O) groups excluding carboxylic acids is 1. The Morgan fingerprint density at radius 2 is 2.08 bits per heavy atom. The number of hydrogen-bond acceptors (Lipinski definition) is 3. The Hall–Kier alpha value is -2.56. The molecular formula is C21H25N3O2. The molecule has 136 valence electrons. The van der Waals surface area contributed by atoms with Crippen molar-refractivity contribution < 1.29 is 9.53 Å². The summed E-state index contributed by atoms with van der Waals surface area (Å²) in [6.45, 7) is 4.39. The van der Waals surface area contributed by atoms with E-state index < -0.39 is 0 Å². The standard InChI is InChI=1S/C21H25N3O2/c1-15-14-23(12-9-16-7-8-18(26-2)13-19(15)16)21(25)24-11-4-6-17-5-3-10-22-20(17)24/h3,5,7-8,10,13,15H,4,6,9,11-12,14H2,1-2H3. The number of amides is 2. The maximum Gasteiger partial charge on any atom is 0.325 e. The van der Waals surface area contributed by atoms with E-state index >= 15 is 0 Å². The number of rotatable bonds is 1. The molecule has 0 saturated carbocycles. The summed E-state index contributed by atoms with van der Waals surface area (Å²) in [5.74, 6) is 1.99. The van der Waals surface area contributed by atoms with Crippen molar-refractivity contribution in [1.82, 2.24) is 9.88 Å². The number of carbonyl (C=O) groups is 1. The van der Waals surface area contributed by atoms with E-state index in [1.807, 2.05) is 21.9 Å². The Kier molecular flexibility index (Phi) is 4.53. The van der Waals surface area contributed by atoms with Crippen LogP contribution in [0.4, 0.5) is 10.6 Å². The van der Waals surface area contributed by atoms with Crippen molar-refractivity contribution in [3.05, 3.63) is 53.2 Å². The Morgan fingerprint density at radius 1 is 1.19 bits per heavy atom. The first-order valence-electron chi connectivity index (χ1n) is 9.34. The van der Waals surface area contributed by atoms with E-state index in [2.05, 4.69) is 30.1 Å². The number of aryl methyl sites for hydroxylation is 1. The third kappa shape index (κ3) is 3.02. The van der Waals surface area contributed by atoms with Crippen LogP contribution in [0.15, 0.2) is 36.5 Å². The number of fused-ring (bicyclic) bond motifs is 2. The first-order valence-corrected chi connectivity index (χ1v) is 9.34. The lowest BCUT2D eigenvalue weighted by molar-refractivity contribution is 0.203. The summed E-state index contributed by atoms with van der Waals surface area (Å²) in [6.07, 6.45) is 4.63. The van der Waals surface area contributed by atoms with Crippen LogP contribution in [0.1, 0.15) is 36.0 Å². The number of hydrogen-bond donors (Lipinski definition) is 0.